The largest absolute Gasteiger partial charge is 0.496 e. The molecule has 1 aromatic carbocycles. The van der Waals surface area contributed by atoms with Gasteiger partial charge in [0, 0.05) is 11.5 Å². The number of ether oxygens (including phenoxy) is 1. The molecule has 0 spiro atoms. The summed E-state index contributed by atoms with van der Waals surface area (Å²) < 4.78 is 5.21. The van der Waals surface area contributed by atoms with Crippen LogP contribution >= 0.6 is 11.6 Å². The summed E-state index contributed by atoms with van der Waals surface area (Å²) in [5.74, 6) is 0.764. The van der Waals surface area contributed by atoms with Gasteiger partial charge in [-0.2, -0.15) is 0 Å². The molecule has 0 aliphatic rings. The maximum absolute atomic E-state index is 11.5. The summed E-state index contributed by atoms with van der Waals surface area (Å²) in [6, 6.07) is 7.66. The van der Waals surface area contributed by atoms with E-state index in [9.17, 15) is 4.79 Å². The molecule has 0 heterocycles. The summed E-state index contributed by atoms with van der Waals surface area (Å²) in [6.07, 6.45) is 1.05. The molecule has 3 nitrogen and oxygen atoms in total. The first-order valence-electron chi connectivity index (χ1n) is 5.35. The number of benzene rings is 1. The van der Waals surface area contributed by atoms with E-state index >= 15 is 0 Å². The van der Waals surface area contributed by atoms with Gasteiger partial charge in [0.25, 0.3) is 0 Å². The van der Waals surface area contributed by atoms with Gasteiger partial charge in [-0.25, -0.2) is 0 Å². The molecule has 4 heteroatoms. The molecule has 0 aliphatic carbocycles. The fourth-order valence-corrected chi connectivity index (χ4v) is 1.51. The van der Waals surface area contributed by atoms with E-state index in [1.165, 1.54) is 0 Å². The summed E-state index contributed by atoms with van der Waals surface area (Å²) in [4.78, 5) is 11.5. The first-order chi connectivity index (χ1) is 8.13. The minimum atomic E-state index is -0.0438. The van der Waals surface area contributed by atoms with Gasteiger partial charge in [-0.15, -0.1) is 0 Å². The minimum Gasteiger partial charge on any atom is -0.496 e. The van der Waals surface area contributed by atoms with Crippen LogP contribution in [0, 0.1) is 0 Å². The van der Waals surface area contributed by atoms with Crippen molar-refractivity contribution < 1.29 is 9.53 Å². The van der Waals surface area contributed by atoms with Crippen molar-refractivity contribution in [3.8, 4) is 5.75 Å². The molecule has 0 radical (unpaired) electrons. The molecule has 1 rings (SSSR count). The zero-order chi connectivity index (χ0) is 12.7. The first-order valence-corrected chi connectivity index (χ1v) is 5.73. The Balaban J connectivity index is 2.44. The van der Waals surface area contributed by atoms with Gasteiger partial charge in [-0.05, 0) is 18.1 Å². The molecule has 0 bridgehead atoms. The van der Waals surface area contributed by atoms with Crippen LogP contribution in [0.3, 0.4) is 0 Å². The van der Waals surface area contributed by atoms with E-state index in [1.54, 1.807) is 7.11 Å². The van der Waals surface area contributed by atoms with Crippen LogP contribution in [0.4, 0.5) is 0 Å². The highest BCUT2D eigenvalue weighted by molar-refractivity contribution is 6.29. The van der Waals surface area contributed by atoms with Crippen LogP contribution in [0.25, 0.3) is 0 Å². The number of nitrogens with one attached hydrogen (secondary N) is 1. The highest BCUT2D eigenvalue weighted by Gasteiger charge is 2.05. The maximum Gasteiger partial charge on any atom is 0.220 e. The third-order valence-corrected chi connectivity index (χ3v) is 2.42. The lowest BCUT2D eigenvalue weighted by Crippen LogP contribution is -2.24. The predicted molar refractivity (Wildman–Crippen MR) is 69.3 cm³/mol. The van der Waals surface area contributed by atoms with Crippen molar-refractivity contribution in [2.75, 3.05) is 13.7 Å². The minimum absolute atomic E-state index is 0.0438. The molecule has 1 N–H and O–H groups in total. The molecule has 1 amide bonds. The molecule has 0 fully saturated rings. The topological polar surface area (TPSA) is 38.3 Å². The molecule has 0 saturated heterocycles. The number of hydrogen-bond acceptors (Lipinski definition) is 2. The van der Waals surface area contributed by atoms with E-state index < -0.39 is 0 Å². The van der Waals surface area contributed by atoms with Gasteiger partial charge in [0.15, 0.2) is 0 Å². The summed E-state index contributed by atoms with van der Waals surface area (Å²) >= 11 is 5.56. The lowest BCUT2D eigenvalue weighted by molar-refractivity contribution is -0.120. The van der Waals surface area contributed by atoms with Crippen LogP contribution in [0.1, 0.15) is 12.0 Å². The number of carbonyl (C=O) groups is 1. The summed E-state index contributed by atoms with van der Waals surface area (Å²) in [5.41, 5.74) is 1.02. The fourth-order valence-electron chi connectivity index (χ4n) is 1.44. The Morgan fingerprint density at radius 2 is 2.18 bits per heavy atom. The van der Waals surface area contributed by atoms with Crippen LogP contribution in [-0.2, 0) is 11.2 Å². The van der Waals surface area contributed by atoms with Crippen LogP contribution in [0.2, 0.25) is 0 Å². The van der Waals surface area contributed by atoms with E-state index in [0.717, 1.165) is 11.3 Å². The quantitative estimate of drug-likeness (QED) is 0.846. The summed E-state index contributed by atoms with van der Waals surface area (Å²) in [5, 5.41) is 3.11. The number of methoxy groups -OCH3 is 1. The van der Waals surface area contributed by atoms with Crippen LogP contribution < -0.4 is 10.1 Å². The number of hydrogen-bond donors (Lipinski definition) is 1. The maximum atomic E-state index is 11.5. The monoisotopic (exact) mass is 253 g/mol. The van der Waals surface area contributed by atoms with Gasteiger partial charge >= 0.3 is 0 Å². The molecule has 17 heavy (non-hydrogen) atoms. The Labute approximate surface area is 106 Å². The van der Waals surface area contributed by atoms with Gasteiger partial charge in [0.2, 0.25) is 5.91 Å². The zero-order valence-electron chi connectivity index (χ0n) is 9.83. The summed E-state index contributed by atoms with van der Waals surface area (Å²) in [7, 11) is 1.62. The normalized spacial score (nSPS) is 9.76. The van der Waals surface area contributed by atoms with Crippen LogP contribution in [0.15, 0.2) is 35.9 Å². The Morgan fingerprint density at radius 1 is 1.47 bits per heavy atom. The number of carbonyl (C=O) groups excluding carboxylic acids is 1. The van der Waals surface area contributed by atoms with Crippen molar-refractivity contribution in [1.82, 2.24) is 5.32 Å². The number of halogens is 1. The molecule has 0 aliphatic heterocycles. The predicted octanol–water partition coefficient (Wildman–Crippen LogP) is 2.50. The van der Waals surface area contributed by atoms with Crippen molar-refractivity contribution in [2.24, 2.45) is 0 Å². The Morgan fingerprint density at radius 3 is 2.82 bits per heavy atom. The molecular weight excluding hydrogens is 238 g/mol. The average Bonchev–Trinajstić information content (AvgIpc) is 2.34. The van der Waals surface area contributed by atoms with E-state index in [0.29, 0.717) is 24.4 Å². The van der Waals surface area contributed by atoms with Gasteiger partial charge in [-0.3, -0.25) is 4.79 Å². The third-order valence-electron chi connectivity index (χ3n) is 2.29. The molecule has 0 unspecified atom stereocenters. The second kappa shape index (κ2) is 6.97. The molecular formula is C13H16ClNO2. The lowest BCUT2D eigenvalue weighted by Gasteiger charge is -2.08. The molecule has 0 saturated carbocycles. The lowest BCUT2D eigenvalue weighted by atomic mass is 10.1. The first kappa shape index (κ1) is 13.6. The van der Waals surface area contributed by atoms with Crippen molar-refractivity contribution in [3.05, 3.63) is 41.4 Å². The SMILES string of the molecule is C=C(Cl)CNC(=O)CCc1ccccc1OC. The third kappa shape index (κ3) is 4.91. The Bertz CT molecular complexity index is 404. The summed E-state index contributed by atoms with van der Waals surface area (Å²) in [6.45, 7) is 3.82. The van der Waals surface area contributed by atoms with Crippen molar-refractivity contribution in [1.29, 1.82) is 0 Å². The Kier molecular flexibility index (Phi) is 5.57. The fraction of sp³-hybridized carbons (Fsp3) is 0.308. The molecule has 92 valence electrons. The van der Waals surface area contributed by atoms with Gasteiger partial charge in [0.1, 0.15) is 5.75 Å². The van der Waals surface area contributed by atoms with E-state index in [-0.39, 0.29) is 5.91 Å². The van der Waals surface area contributed by atoms with Gasteiger partial charge in [0.05, 0.1) is 13.7 Å². The highest BCUT2D eigenvalue weighted by atomic mass is 35.5. The van der Waals surface area contributed by atoms with Crippen LogP contribution in [-0.4, -0.2) is 19.6 Å². The zero-order valence-corrected chi connectivity index (χ0v) is 10.6. The second-order valence-corrected chi connectivity index (χ2v) is 4.14. The van der Waals surface area contributed by atoms with Gasteiger partial charge in [-0.1, -0.05) is 36.4 Å². The van der Waals surface area contributed by atoms with E-state index in [2.05, 4.69) is 11.9 Å². The van der Waals surface area contributed by atoms with Crippen molar-refractivity contribution in [2.45, 2.75) is 12.8 Å². The van der Waals surface area contributed by atoms with Crippen molar-refractivity contribution >= 4 is 17.5 Å². The Hall–Kier alpha value is -1.48. The number of amides is 1. The van der Waals surface area contributed by atoms with E-state index in [4.69, 9.17) is 16.3 Å². The van der Waals surface area contributed by atoms with Crippen LogP contribution in [0.5, 0.6) is 5.75 Å². The standard InChI is InChI=1S/C13H16ClNO2/c1-10(14)9-15-13(16)8-7-11-5-3-4-6-12(11)17-2/h3-6H,1,7-9H2,2H3,(H,15,16). The molecule has 0 atom stereocenters. The number of aryl methyl sites for hydroxylation is 1. The van der Waals surface area contributed by atoms with Crippen molar-refractivity contribution in [3.63, 3.8) is 0 Å². The average molecular weight is 254 g/mol. The second-order valence-electron chi connectivity index (χ2n) is 3.61. The highest BCUT2D eigenvalue weighted by Crippen LogP contribution is 2.18. The smallest absolute Gasteiger partial charge is 0.220 e. The number of rotatable bonds is 6. The molecule has 1 aromatic rings. The van der Waals surface area contributed by atoms with Gasteiger partial charge < -0.3 is 10.1 Å². The van der Waals surface area contributed by atoms with E-state index in [1.807, 2.05) is 24.3 Å². The number of para-hydroxylation sites is 1. The molecule has 0 aromatic heterocycles.